The van der Waals surface area contributed by atoms with Crippen LogP contribution in [-0.2, 0) is 14.4 Å². The molecule has 18 heavy (non-hydrogen) atoms. The van der Waals surface area contributed by atoms with Crippen molar-refractivity contribution < 1.29 is 89.2 Å². The maximum atomic E-state index is 10.3. The number of carboxylic acid groups (broad SMARTS) is 3. The molecule has 0 aliphatic heterocycles. The fourth-order valence-corrected chi connectivity index (χ4v) is 0.691. The van der Waals surface area contributed by atoms with Gasteiger partial charge in [-0.15, -0.1) is 0 Å². The molecule has 98 valence electrons. The van der Waals surface area contributed by atoms with Gasteiger partial charge in [-0.2, -0.15) is 0 Å². The molecule has 0 fully saturated rings. The Bertz CT molecular complexity index is 252. The van der Waals surface area contributed by atoms with Crippen molar-refractivity contribution in [3.8, 4) is 0 Å². The van der Waals surface area contributed by atoms with Gasteiger partial charge in [0.05, 0.1) is 0 Å². The van der Waals surface area contributed by atoms with E-state index in [0.29, 0.717) is 0 Å². The minimum Gasteiger partial charge on any atom is -1.00 e. The number of rotatable bonds is 5. The first kappa shape index (κ1) is 36.5. The third-order valence-electron chi connectivity index (χ3n) is 1.27. The molecule has 0 rings (SSSR count). The summed E-state index contributed by atoms with van der Waals surface area (Å²) in [5, 5.41) is 37.2. The van der Waals surface area contributed by atoms with Crippen molar-refractivity contribution in [2.24, 2.45) is 0 Å². The monoisotopic (exact) mass is 341 g/mol. The van der Waals surface area contributed by atoms with Crippen LogP contribution in [0.2, 0.25) is 0 Å². The summed E-state index contributed by atoms with van der Waals surface area (Å²) in [6.07, 6.45) is -2.59. The Labute approximate surface area is 167 Å². The van der Waals surface area contributed by atoms with Crippen LogP contribution in [0.15, 0.2) is 0 Å². The molecule has 0 bridgehead atoms. The van der Waals surface area contributed by atoms with Crippen LogP contribution in [0.4, 0.5) is 0 Å². The number of aliphatic hydroxyl groups is 1. The minimum absolute atomic E-state index is 0. The SMILES string of the molecule is O=C([O-])CC(O)(CC(=O)[O-])C(=O)O.[Ca+2].[Cl-].[Cl-].[NH4+].[Na+]. The topological polar surface area (TPSA) is 174 Å². The summed E-state index contributed by atoms with van der Waals surface area (Å²) >= 11 is 0. The molecular weight excluding hydrogens is 332 g/mol. The van der Waals surface area contributed by atoms with Crippen LogP contribution >= 0.6 is 0 Å². The second-order valence-corrected chi connectivity index (χ2v) is 2.43. The zero-order valence-electron chi connectivity index (χ0n) is 9.81. The van der Waals surface area contributed by atoms with Gasteiger partial charge in [0.1, 0.15) is 0 Å². The van der Waals surface area contributed by atoms with Crippen LogP contribution < -0.4 is 70.7 Å². The maximum Gasteiger partial charge on any atom is 2.00 e. The number of hydrogen-bond donors (Lipinski definition) is 3. The average molecular weight is 342 g/mol. The Morgan fingerprint density at radius 1 is 1.00 bits per heavy atom. The second kappa shape index (κ2) is 16.2. The Hall–Kier alpha value is 1.17. The van der Waals surface area contributed by atoms with E-state index in [9.17, 15) is 24.6 Å². The van der Waals surface area contributed by atoms with E-state index < -0.39 is 36.4 Å². The molecule has 0 aliphatic rings. The predicted molar refractivity (Wildman–Crippen MR) is 43.6 cm³/mol. The first-order valence-electron chi connectivity index (χ1n) is 3.13. The largest absolute Gasteiger partial charge is 2.00 e. The molecule has 8 nitrogen and oxygen atoms in total. The van der Waals surface area contributed by atoms with E-state index in [1.165, 1.54) is 0 Å². The van der Waals surface area contributed by atoms with E-state index in [1.807, 2.05) is 0 Å². The van der Waals surface area contributed by atoms with Crippen molar-refractivity contribution in [3.05, 3.63) is 0 Å². The van der Waals surface area contributed by atoms with Gasteiger partial charge >= 0.3 is 73.3 Å². The average Bonchev–Trinajstić information content (AvgIpc) is 1.82. The normalized spacial score (nSPS) is 7.83. The van der Waals surface area contributed by atoms with Gasteiger partial charge in [0.25, 0.3) is 0 Å². The zero-order chi connectivity index (χ0) is 10.6. The van der Waals surface area contributed by atoms with E-state index in [2.05, 4.69) is 0 Å². The quantitative estimate of drug-likeness (QED) is 0.416. The van der Waals surface area contributed by atoms with E-state index in [0.717, 1.165) is 0 Å². The molecule has 0 amide bonds. The number of carbonyl (C=O) groups is 3. The fraction of sp³-hybridized carbons (Fsp3) is 0.500. The molecule has 0 aromatic heterocycles. The fourth-order valence-electron chi connectivity index (χ4n) is 0.691. The third kappa shape index (κ3) is 15.2. The molecular formula is C6H10CaCl2NNaO7. The Kier molecular flexibility index (Phi) is 32.9. The molecule has 0 heterocycles. The van der Waals surface area contributed by atoms with Gasteiger partial charge in [0.15, 0.2) is 5.60 Å². The second-order valence-electron chi connectivity index (χ2n) is 2.43. The van der Waals surface area contributed by atoms with Gasteiger partial charge in [0.2, 0.25) is 0 Å². The van der Waals surface area contributed by atoms with Crippen molar-refractivity contribution >= 4 is 55.6 Å². The van der Waals surface area contributed by atoms with Gasteiger partial charge < -0.3 is 61.0 Å². The Balaban J connectivity index is -0.0000000720. The van der Waals surface area contributed by atoms with Crippen LogP contribution in [-0.4, -0.2) is 71.5 Å². The van der Waals surface area contributed by atoms with Crippen LogP contribution in [0.3, 0.4) is 0 Å². The number of aliphatic carboxylic acids is 3. The maximum absolute atomic E-state index is 10.3. The summed E-state index contributed by atoms with van der Waals surface area (Å²) in [5.41, 5.74) is -2.86. The summed E-state index contributed by atoms with van der Waals surface area (Å²) < 4.78 is 0. The molecule has 0 spiro atoms. The first-order valence-corrected chi connectivity index (χ1v) is 3.13. The van der Waals surface area contributed by atoms with Crippen molar-refractivity contribution in [3.63, 3.8) is 0 Å². The van der Waals surface area contributed by atoms with Gasteiger partial charge in [-0.25, -0.2) is 4.79 Å². The van der Waals surface area contributed by atoms with Crippen molar-refractivity contribution in [1.82, 2.24) is 6.15 Å². The molecule has 12 heteroatoms. The molecule has 0 radical (unpaired) electrons. The van der Waals surface area contributed by atoms with Crippen molar-refractivity contribution in [2.75, 3.05) is 0 Å². The molecule has 0 unspecified atom stereocenters. The number of halogens is 2. The van der Waals surface area contributed by atoms with Crippen LogP contribution in [0.5, 0.6) is 0 Å². The van der Waals surface area contributed by atoms with E-state index in [-0.39, 0.29) is 98.3 Å². The molecule has 0 aliphatic carbocycles. The Morgan fingerprint density at radius 3 is 1.33 bits per heavy atom. The van der Waals surface area contributed by atoms with E-state index in [4.69, 9.17) is 10.2 Å². The van der Waals surface area contributed by atoms with Crippen LogP contribution in [0.25, 0.3) is 0 Å². The molecule has 6 N–H and O–H groups in total. The number of hydrogen-bond acceptors (Lipinski definition) is 6. The standard InChI is InChI=1S/C6H8O7.Ca.2ClH.H3N.Na/c7-3(8)1-6(13,5(11)12)2-4(9)10;;;;;/h13H,1-2H2,(H,7,8)(H,9,10)(H,11,12);;2*1H;1H3;/q;+2;;;;+1/p-3. The summed E-state index contributed by atoms with van der Waals surface area (Å²) in [5.74, 6) is -5.65. The predicted octanol–water partition coefficient (Wildman–Crippen LogP) is -12.9. The third-order valence-corrected chi connectivity index (χ3v) is 1.27. The molecule has 0 atom stereocenters. The van der Waals surface area contributed by atoms with E-state index >= 15 is 0 Å². The molecule has 0 saturated carbocycles. The summed E-state index contributed by atoms with van der Waals surface area (Å²) in [6.45, 7) is 0. The van der Waals surface area contributed by atoms with Crippen molar-refractivity contribution in [2.45, 2.75) is 18.4 Å². The minimum atomic E-state index is -2.86. The van der Waals surface area contributed by atoms with E-state index in [1.54, 1.807) is 0 Å². The molecule has 0 aromatic rings. The zero-order valence-corrected chi connectivity index (χ0v) is 15.5. The first-order chi connectivity index (χ1) is 5.78. The Morgan fingerprint density at radius 2 is 1.22 bits per heavy atom. The molecule has 0 aromatic carbocycles. The summed E-state index contributed by atoms with van der Waals surface area (Å²) in [4.78, 5) is 30.2. The summed E-state index contributed by atoms with van der Waals surface area (Å²) in [7, 11) is 0. The number of carboxylic acids is 3. The van der Waals surface area contributed by atoms with Crippen LogP contribution in [0.1, 0.15) is 12.8 Å². The van der Waals surface area contributed by atoms with Crippen molar-refractivity contribution in [1.29, 1.82) is 0 Å². The van der Waals surface area contributed by atoms with Gasteiger partial charge in [0, 0.05) is 24.8 Å². The number of quaternary nitrogens is 1. The van der Waals surface area contributed by atoms with Gasteiger partial charge in [-0.1, -0.05) is 0 Å². The van der Waals surface area contributed by atoms with Gasteiger partial charge in [-0.3, -0.25) is 0 Å². The molecule has 0 saturated heterocycles. The summed E-state index contributed by atoms with van der Waals surface area (Å²) in [6, 6.07) is 0. The van der Waals surface area contributed by atoms with Crippen LogP contribution in [0, 0.1) is 0 Å². The van der Waals surface area contributed by atoms with Gasteiger partial charge in [-0.05, 0) is 0 Å². The smallest absolute Gasteiger partial charge is 1.00 e. The number of carbonyl (C=O) groups excluding carboxylic acids is 2.